The first kappa shape index (κ1) is 13.2. The van der Waals surface area contributed by atoms with Crippen LogP contribution in [0.5, 0.6) is 0 Å². The number of nitrogens with zero attached hydrogens (tertiary/aromatic N) is 2. The number of hydrogen-bond acceptors (Lipinski definition) is 4. The number of carbonyl (C=O) groups is 1. The second-order valence-corrected chi connectivity index (χ2v) is 5.90. The van der Waals surface area contributed by atoms with Crippen LogP contribution in [0.4, 0.5) is 9.52 Å². The number of thiazole rings is 1. The Balaban J connectivity index is 1.78. The molecular formula is C14H14FN3OS. The molecule has 0 aliphatic heterocycles. The van der Waals surface area contributed by atoms with Crippen LogP contribution in [0.1, 0.15) is 39.6 Å². The molecule has 4 nitrogen and oxygen atoms in total. The van der Waals surface area contributed by atoms with Gasteiger partial charge in [-0.1, -0.05) is 0 Å². The fourth-order valence-corrected chi connectivity index (χ4v) is 3.28. The fourth-order valence-electron chi connectivity index (χ4n) is 2.24. The number of carbonyl (C=O) groups excluding carboxylic acids is 1. The maximum atomic E-state index is 13.1. The number of rotatable bonds is 2. The summed E-state index contributed by atoms with van der Waals surface area (Å²) in [6, 6.07) is 2.63. The SMILES string of the molecule is Cc1nc(C(=O)Nc2nc3c(s2)CCCC3)ccc1F. The first-order valence-corrected chi connectivity index (χ1v) is 7.38. The normalized spacial score (nSPS) is 13.9. The highest BCUT2D eigenvalue weighted by molar-refractivity contribution is 7.15. The molecule has 2 heterocycles. The average molecular weight is 291 g/mol. The van der Waals surface area contributed by atoms with Gasteiger partial charge in [0.2, 0.25) is 0 Å². The first-order chi connectivity index (χ1) is 9.63. The van der Waals surface area contributed by atoms with E-state index in [2.05, 4.69) is 15.3 Å². The van der Waals surface area contributed by atoms with Crippen LogP contribution < -0.4 is 5.32 Å². The Morgan fingerprint density at radius 3 is 2.85 bits per heavy atom. The van der Waals surface area contributed by atoms with Crippen LogP contribution in [0.3, 0.4) is 0 Å². The van der Waals surface area contributed by atoms with Crippen LogP contribution in [0, 0.1) is 12.7 Å². The smallest absolute Gasteiger partial charge is 0.276 e. The molecule has 0 unspecified atom stereocenters. The van der Waals surface area contributed by atoms with Crippen molar-refractivity contribution in [2.45, 2.75) is 32.6 Å². The maximum absolute atomic E-state index is 13.1. The Morgan fingerprint density at radius 2 is 2.10 bits per heavy atom. The topological polar surface area (TPSA) is 54.9 Å². The molecule has 0 bridgehead atoms. The molecule has 20 heavy (non-hydrogen) atoms. The van der Waals surface area contributed by atoms with Crippen molar-refractivity contribution in [1.82, 2.24) is 9.97 Å². The Labute approximate surface area is 120 Å². The maximum Gasteiger partial charge on any atom is 0.276 e. The van der Waals surface area contributed by atoms with Gasteiger partial charge in [-0.15, -0.1) is 11.3 Å². The molecule has 0 atom stereocenters. The number of nitrogens with one attached hydrogen (secondary N) is 1. The van der Waals surface area contributed by atoms with Crippen molar-refractivity contribution in [3.05, 3.63) is 39.9 Å². The van der Waals surface area contributed by atoms with Gasteiger partial charge in [-0.2, -0.15) is 0 Å². The molecular weight excluding hydrogens is 277 g/mol. The molecule has 6 heteroatoms. The predicted octanol–water partition coefficient (Wildman–Crippen LogP) is 3.12. The average Bonchev–Trinajstić information content (AvgIpc) is 2.83. The number of halogens is 1. The molecule has 0 spiro atoms. The third-order valence-electron chi connectivity index (χ3n) is 3.32. The number of amides is 1. The van der Waals surface area contributed by atoms with Crippen LogP contribution >= 0.6 is 11.3 Å². The van der Waals surface area contributed by atoms with E-state index in [-0.39, 0.29) is 17.3 Å². The van der Waals surface area contributed by atoms with Gasteiger partial charge in [0.05, 0.1) is 11.4 Å². The molecule has 104 valence electrons. The zero-order valence-electron chi connectivity index (χ0n) is 11.1. The number of anilines is 1. The summed E-state index contributed by atoms with van der Waals surface area (Å²) in [7, 11) is 0. The zero-order chi connectivity index (χ0) is 14.1. The van der Waals surface area contributed by atoms with Crippen molar-refractivity contribution < 1.29 is 9.18 Å². The van der Waals surface area contributed by atoms with Crippen LogP contribution in [0.25, 0.3) is 0 Å². The van der Waals surface area contributed by atoms with E-state index < -0.39 is 5.82 Å². The zero-order valence-corrected chi connectivity index (χ0v) is 11.9. The quantitative estimate of drug-likeness (QED) is 0.925. The lowest BCUT2D eigenvalue weighted by atomic mass is 10.0. The highest BCUT2D eigenvalue weighted by atomic mass is 32.1. The summed E-state index contributed by atoms with van der Waals surface area (Å²) in [6.45, 7) is 1.54. The summed E-state index contributed by atoms with van der Waals surface area (Å²) in [5.74, 6) is -0.759. The van der Waals surface area contributed by atoms with Gasteiger partial charge in [0.1, 0.15) is 11.5 Å². The Bertz CT molecular complexity index is 645. The van der Waals surface area contributed by atoms with E-state index in [1.807, 2.05) is 0 Å². The Kier molecular flexibility index (Phi) is 3.48. The molecule has 1 aliphatic rings. The van der Waals surface area contributed by atoms with E-state index >= 15 is 0 Å². The molecule has 2 aromatic heterocycles. The van der Waals surface area contributed by atoms with Gasteiger partial charge >= 0.3 is 0 Å². The summed E-state index contributed by atoms with van der Waals surface area (Å²) in [5, 5.41) is 3.35. The number of pyridine rings is 1. The van der Waals surface area contributed by atoms with Crippen LogP contribution in [-0.2, 0) is 12.8 Å². The van der Waals surface area contributed by atoms with Crippen LogP contribution in [0.2, 0.25) is 0 Å². The number of aromatic nitrogens is 2. The molecule has 0 radical (unpaired) electrons. The number of hydrogen-bond donors (Lipinski definition) is 1. The summed E-state index contributed by atoms with van der Waals surface area (Å²) in [6.07, 6.45) is 4.36. The third-order valence-corrected chi connectivity index (χ3v) is 4.39. The lowest BCUT2D eigenvalue weighted by molar-refractivity contribution is 0.102. The molecule has 2 aromatic rings. The highest BCUT2D eigenvalue weighted by Crippen LogP contribution is 2.29. The lowest BCUT2D eigenvalue weighted by Crippen LogP contribution is -2.14. The van der Waals surface area contributed by atoms with Gasteiger partial charge in [-0.3, -0.25) is 10.1 Å². The van der Waals surface area contributed by atoms with Crippen molar-refractivity contribution in [3.63, 3.8) is 0 Å². The van der Waals surface area contributed by atoms with Crippen molar-refractivity contribution in [2.75, 3.05) is 5.32 Å². The minimum absolute atomic E-state index is 0.206. The summed E-state index contributed by atoms with van der Waals surface area (Å²) in [5.41, 5.74) is 1.52. The lowest BCUT2D eigenvalue weighted by Gasteiger charge is -2.06. The standard InChI is InChI=1S/C14H14FN3OS/c1-8-9(15)6-7-11(16-8)13(19)18-14-17-10-4-2-3-5-12(10)20-14/h6-7H,2-5H2,1H3,(H,17,18,19). The minimum atomic E-state index is -0.411. The van der Waals surface area contributed by atoms with Crippen molar-refractivity contribution >= 4 is 22.4 Å². The van der Waals surface area contributed by atoms with E-state index in [9.17, 15) is 9.18 Å². The van der Waals surface area contributed by atoms with E-state index in [4.69, 9.17) is 0 Å². The van der Waals surface area contributed by atoms with Gasteiger partial charge in [-0.05, 0) is 44.7 Å². The minimum Gasteiger partial charge on any atom is -0.296 e. The summed E-state index contributed by atoms with van der Waals surface area (Å²) >= 11 is 1.52. The molecule has 3 rings (SSSR count). The second kappa shape index (κ2) is 5.28. The van der Waals surface area contributed by atoms with Gasteiger partial charge < -0.3 is 0 Å². The van der Waals surface area contributed by atoms with E-state index in [0.717, 1.165) is 25.0 Å². The Hall–Kier alpha value is -1.82. The van der Waals surface area contributed by atoms with Crippen molar-refractivity contribution in [2.24, 2.45) is 0 Å². The first-order valence-electron chi connectivity index (χ1n) is 6.56. The monoisotopic (exact) mass is 291 g/mol. The van der Waals surface area contributed by atoms with Crippen LogP contribution in [0.15, 0.2) is 12.1 Å². The van der Waals surface area contributed by atoms with Crippen molar-refractivity contribution in [1.29, 1.82) is 0 Å². The van der Waals surface area contributed by atoms with Gasteiger partial charge in [0, 0.05) is 4.88 Å². The van der Waals surface area contributed by atoms with Crippen LogP contribution in [-0.4, -0.2) is 15.9 Å². The molecule has 0 saturated heterocycles. The molecule has 0 fully saturated rings. The predicted molar refractivity (Wildman–Crippen MR) is 75.6 cm³/mol. The third kappa shape index (κ3) is 2.56. The number of fused-ring (bicyclic) bond motifs is 1. The Morgan fingerprint density at radius 1 is 1.30 bits per heavy atom. The highest BCUT2D eigenvalue weighted by Gasteiger charge is 2.17. The molecule has 1 amide bonds. The van der Waals surface area contributed by atoms with E-state index in [0.29, 0.717) is 5.13 Å². The fraction of sp³-hybridized carbons (Fsp3) is 0.357. The number of aryl methyl sites for hydroxylation is 3. The van der Waals surface area contributed by atoms with Gasteiger partial charge in [0.25, 0.3) is 5.91 Å². The molecule has 0 aromatic carbocycles. The van der Waals surface area contributed by atoms with Gasteiger partial charge in [-0.25, -0.2) is 14.4 Å². The van der Waals surface area contributed by atoms with Crippen molar-refractivity contribution in [3.8, 4) is 0 Å². The molecule has 0 saturated carbocycles. The summed E-state index contributed by atoms with van der Waals surface area (Å²) in [4.78, 5) is 21.7. The summed E-state index contributed by atoms with van der Waals surface area (Å²) < 4.78 is 13.1. The van der Waals surface area contributed by atoms with Gasteiger partial charge in [0.15, 0.2) is 5.13 Å². The van der Waals surface area contributed by atoms with E-state index in [1.165, 1.54) is 41.7 Å². The van der Waals surface area contributed by atoms with E-state index in [1.54, 1.807) is 0 Å². The molecule has 1 aliphatic carbocycles. The second-order valence-electron chi connectivity index (χ2n) is 4.81. The molecule has 1 N–H and O–H groups in total. The largest absolute Gasteiger partial charge is 0.296 e.